The Balaban J connectivity index is 2.77. The molecule has 0 atom stereocenters. The molecule has 0 amide bonds. The zero-order chi connectivity index (χ0) is 12.4. The summed E-state index contributed by atoms with van der Waals surface area (Å²) < 4.78 is 1.03. The Bertz CT molecular complexity index is 644. The number of aromatic amines is 1. The lowest BCUT2D eigenvalue weighted by atomic mass is 10.3. The van der Waals surface area contributed by atoms with E-state index >= 15 is 0 Å². The zero-order valence-corrected chi connectivity index (χ0v) is 9.99. The Morgan fingerprint density at radius 3 is 2.47 bits per heavy atom. The van der Waals surface area contributed by atoms with E-state index in [1.165, 1.54) is 0 Å². The molecule has 1 heterocycles. The van der Waals surface area contributed by atoms with Gasteiger partial charge in [0.1, 0.15) is 5.02 Å². The highest BCUT2D eigenvalue weighted by Crippen LogP contribution is 2.08. The lowest BCUT2D eigenvalue weighted by Gasteiger charge is -2.07. The van der Waals surface area contributed by atoms with Crippen molar-refractivity contribution in [3.8, 4) is 5.69 Å². The van der Waals surface area contributed by atoms with Crippen molar-refractivity contribution in [3.63, 3.8) is 0 Å². The number of rotatable bonds is 2. The van der Waals surface area contributed by atoms with Crippen LogP contribution in [0.2, 0.25) is 5.02 Å². The van der Waals surface area contributed by atoms with Crippen LogP contribution in [-0.4, -0.2) is 9.55 Å². The summed E-state index contributed by atoms with van der Waals surface area (Å²) in [5.74, 6) is 0. The van der Waals surface area contributed by atoms with Crippen molar-refractivity contribution < 1.29 is 0 Å². The van der Waals surface area contributed by atoms with Gasteiger partial charge < -0.3 is 4.98 Å². The van der Waals surface area contributed by atoms with Gasteiger partial charge in [-0.25, -0.2) is 9.36 Å². The molecule has 2 aromatic rings. The van der Waals surface area contributed by atoms with Gasteiger partial charge in [-0.2, -0.15) is 0 Å². The summed E-state index contributed by atoms with van der Waals surface area (Å²) in [5, 5.41) is 0.0657. The van der Waals surface area contributed by atoms with Crippen molar-refractivity contribution in [1.82, 2.24) is 9.55 Å². The average Bonchev–Trinajstić information content (AvgIpc) is 2.35. The predicted octanol–water partition coefficient (Wildman–Crippen LogP) is 1.74. The van der Waals surface area contributed by atoms with Crippen LogP contribution in [0.15, 0.2) is 39.9 Å². The number of benzene rings is 1. The fourth-order valence-corrected chi connectivity index (χ4v) is 1.88. The van der Waals surface area contributed by atoms with Gasteiger partial charge in [0.2, 0.25) is 0 Å². The molecule has 1 aromatic carbocycles. The number of para-hydroxylation sites is 1. The van der Waals surface area contributed by atoms with Gasteiger partial charge in [0.25, 0.3) is 5.56 Å². The first-order chi connectivity index (χ1) is 8.15. The van der Waals surface area contributed by atoms with Crippen molar-refractivity contribution in [2.24, 2.45) is 0 Å². The Morgan fingerprint density at radius 2 is 1.88 bits per heavy atom. The minimum atomic E-state index is -0.488. The first-order valence-electron chi connectivity index (χ1n) is 5.24. The van der Waals surface area contributed by atoms with Gasteiger partial charge in [0.05, 0.1) is 5.69 Å². The predicted molar refractivity (Wildman–Crippen MR) is 67.0 cm³/mol. The summed E-state index contributed by atoms with van der Waals surface area (Å²) in [6, 6.07) is 8.67. The van der Waals surface area contributed by atoms with Gasteiger partial charge in [0, 0.05) is 5.69 Å². The van der Waals surface area contributed by atoms with Crippen LogP contribution in [0.5, 0.6) is 0 Å². The van der Waals surface area contributed by atoms with Crippen molar-refractivity contribution >= 4 is 11.6 Å². The van der Waals surface area contributed by atoms with Crippen molar-refractivity contribution in [3.05, 3.63) is 61.9 Å². The smallest absolute Gasteiger partial charge is 0.309 e. The number of aromatic nitrogens is 2. The van der Waals surface area contributed by atoms with Gasteiger partial charge in [0.15, 0.2) is 0 Å². The third-order valence-electron chi connectivity index (χ3n) is 2.48. The summed E-state index contributed by atoms with van der Waals surface area (Å²) in [5.41, 5.74) is 0.0121. The van der Waals surface area contributed by atoms with Gasteiger partial charge in [-0.15, -0.1) is 0 Å². The van der Waals surface area contributed by atoms with E-state index in [2.05, 4.69) is 4.98 Å². The number of nitrogens with zero attached hydrogens (tertiary/aromatic N) is 1. The third kappa shape index (κ3) is 2.03. The van der Waals surface area contributed by atoms with E-state index in [1.54, 1.807) is 24.3 Å². The van der Waals surface area contributed by atoms with Crippen LogP contribution in [0.3, 0.4) is 0 Å². The molecule has 0 aliphatic rings. The van der Waals surface area contributed by atoms with Crippen molar-refractivity contribution in [2.45, 2.75) is 13.3 Å². The monoisotopic (exact) mass is 250 g/mol. The second kappa shape index (κ2) is 4.59. The van der Waals surface area contributed by atoms with E-state index in [9.17, 15) is 9.59 Å². The maximum atomic E-state index is 12.0. The quantitative estimate of drug-likeness (QED) is 0.883. The third-order valence-corrected chi connectivity index (χ3v) is 2.87. The Hall–Kier alpha value is -1.81. The molecule has 0 spiro atoms. The molecule has 0 saturated heterocycles. The molecule has 0 unspecified atom stereocenters. The average molecular weight is 251 g/mol. The number of hydrogen-bond acceptors (Lipinski definition) is 2. The van der Waals surface area contributed by atoms with Crippen LogP contribution in [0.25, 0.3) is 5.69 Å². The van der Waals surface area contributed by atoms with Crippen LogP contribution in [-0.2, 0) is 6.42 Å². The highest BCUT2D eigenvalue weighted by atomic mass is 35.5. The number of H-pyrrole nitrogens is 1. The van der Waals surface area contributed by atoms with Crippen LogP contribution in [0.4, 0.5) is 0 Å². The SMILES string of the molecule is CCc1[nH]c(=O)n(-c2ccccc2)c(=O)c1Cl. The maximum absolute atomic E-state index is 12.0. The number of aryl methyl sites for hydroxylation is 1. The molecule has 17 heavy (non-hydrogen) atoms. The second-order valence-corrected chi connectivity index (χ2v) is 3.93. The van der Waals surface area contributed by atoms with Crippen LogP contribution < -0.4 is 11.2 Å². The molecular formula is C12H11ClN2O2. The van der Waals surface area contributed by atoms with E-state index in [0.717, 1.165) is 4.57 Å². The molecule has 88 valence electrons. The highest BCUT2D eigenvalue weighted by Gasteiger charge is 2.11. The summed E-state index contributed by atoms with van der Waals surface area (Å²) >= 11 is 5.92. The van der Waals surface area contributed by atoms with Gasteiger partial charge in [-0.3, -0.25) is 4.79 Å². The van der Waals surface area contributed by atoms with E-state index in [1.807, 2.05) is 13.0 Å². The Morgan fingerprint density at radius 1 is 1.24 bits per heavy atom. The van der Waals surface area contributed by atoms with Crippen LogP contribution in [0, 0.1) is 0 Å². The van der Waals surface area contributed by atoms with Crippen molar-refractivity contribution in [1.29, 1.82) is 0 Å². The first-order valence-corrected chi connectivity index (χ1v) is 5.62. The normalized spacial score (nSPS) is 10.5. The molecule has 0 saturated carbocycles. The van der Waals surface area contributed by atoms with Gasteiger partial charge in [-0.05, 0) is 18.6 Å². The van der Waals surface area contributed by atoms with Crippen LogP contribution in [0.1, 0.15) is 12.6 Å². The second-order valence-electron chi connectivity index (χ2n) is 3.55. The topological polar surface area (TPSA) is 54.9 Å². The molecule has 0 aliphatic carbocycles. The Labute approximate surface area is 102 Å². The zero-order valence-electron chi connectivity index (χ0n) is 9.24. The lowest BCUT2D eigenvalue weighted by Crippen LogP contribution is -2.35. The first kappa shape index (κ1) is 11.7. The molecule has 0 radical (unpaired) electrons. The summed E-state index contributed by atoms with van der Waals surface area (Å²) in [6.45, 7) is 1.82. The van der Waals surface area contributed by atoms with Crippen molar-refractivity contribution in [2.75, 3.05) is 0 Å². The summed E-state index contributed by atoms with van der Waals surface area (Å²) in [7, 11) is 0. The van der Waals surface area contributed by atoms with Gasteiger partial charge in [-0.1, -0.05) is 36.7 Å². The maximum Gasteiger partial charge on any atom is 0.333 e. The molecule has 1 aromatic heterocycles. The van der Waals surface area contributed by atoms with E-state index < -0.39 is 11.2 Å². The highest BCUT2D eigenvalue weighted by molar-refractivity contribution is 6.31. The minimum Gasteiger partial charge on any atom is -0.309 e. The Kier molecular flexibility index (Phi) is 3.15. The summed E-state index contributed by atoms with van der Waals surface area (Å²) in [4.78, 5) is 26.4. The largest absolute Gasteiger partial charge is 0.333 e. The van der Waals surface area contributed by atoms with E-state index in [0.29, 0.717) is 17.8 Å². The standard InChI is InChI=1S/C12H11ClN2O2/c1-2-9-10(13)11(16)15(12(17)14-9)8-6-4-3-5-7-8/h3-7H,2H2,1H3,(H,14,17). The minimum absolute atomic E-state index is 0.0657. The lowest BCUT2D eigenvalue weighted by molar-refractivity contribution is 0.837. The number of halogens is 1. The molecule has 1 N–H and O–H groups in total. The molecule has 0 aliphatic heterocycles. The van der Waals surface area contributed by atoms with Gasteiger partial charge >= 0.3 is 5.69 Å². The number of nitrogens with one attached hydrogen (secondary N) is 1. The van der Waals surface area contributed by atoms with E-state index in [-0.39, 0.29) is 5.02 Å². The fraction of sp³-hybridized carbons (Fsp3) is 0.167. The molecule has 0 fully saturated rings. The molecule has 4 nitrogen and oxygen atoms in total. The summed E-state index contributed by atoms with van der Waals surface area (Å²) in [6.07, 6.45) is 0.513. The molecule has 5 heteroatoms. The molecular weight excluding hydrogens is 240 g/mol. The molecule has 2 rings (SSSR count). The van der Waals surface area contributed by atoms with E-state index in [4.69, 9.17) is 11.6 Å². The van der Waals surface area contributed by atoms with Crippen LogP contribution >= 0.6 is 11.6 Å². The molecule has 0 bridgehead atoms. The fourth-order valence-electron chi connectivity index (χ4n) is 1.61. The number of hydrogen-bond donors (Lipinski definition) is 1.